The molecule has 0 bridgehead atoms. The Hall–Kier alpha value is -1.95. The van der Waals surface area contributed by atoms with Gasteiger partial charge in [-0.25, -0.2) is 4.98 Å². The maximum Gasteiger partial charge on any atom is 0.137 e. The van der Waals surface area contributed by atoms with Crippen LogP contribution in [-0.4, -0.2) is 26.4 Å². The third kappa shape index (κ3) is 3.53. The first-order valence-corrected chi connectivity index (χ1v) is 6.01. The maximum absolute atomic E-state index is 5.59. The van der Waals surface area contributed by atoms with Gasteiger partial charge in [0.25, 0.3) is 0 Å². The first-order valence-electron chi connectivity index (χ1n) is 5.61. The summed E-state index contributed by atoms with van der Waals surface area (Å²) in [6, 6.07) is 7.44. The minimum atomic E-state index is 0.396. The Morgan fingerprint density at radius 3 is 2.72 bits per heavy atom. The van der Waals surface area contributed by atoms with Gasteiger partial charge >= 0.3 is 0 Å². The molecule has 0 radical (unpaired) electrons. The Morgan fingerprint density at radius 2 is 2.11 bits per heavy atom. The van der Waals surface area contributed by atoms with Crippen LogP contribution in [0, 0.1) is 0 Å². The van der Waals surface area contributed by atoms with E-state index < -0.39 is 0 Å². The number of hydrogen-bond donors (Lipinski definition) is 1. The van der Waals surface area contributed by atoms with E-state index in [0.29, 0.717) is 11.6 Å². The summed E-state index contributed by atoms with van der Waals surface area (Å²) >= 11 is 4.88. The second-order valence-electron chi connectivity index (χ2n) is 3.75. The van der Waals surface area contributed by atoms with Crippen molar-refractivity contribution in [3.8, 4) is 5.75 Å². The molecule has 6 heteroatoms. The van der Waals surface area contributed by atoms with Crippen molar-refractivity contribution in [1.29, 1.82) is 0 Å². The van der Waals surface area contributed by atoms with Gasteiger partial charge in [0.15, 0.2) is 0 Å². The number of ether oxygens (including phenoxy) is 1. The van der Waals surface area contributed by atoms with Crippen LogP contribution in [0.5, 0.6) is 5.75 Å². The summed E-state index contributed by atoms with van der Waals surface area (Å²) in [5, 5.41) is 4.01. The highest BCUT2D eigenvalue weighted by Gasteiger charge is 1.98. The second kappa shape index (κ2) is 6.11. The molecule has 94 valence electrons. The van der Waals surface area contributed by atoms with Gasteiger partial charge in [-0.15, -0.1) is 0 Å². The van der Waals surface area contributed by atoms with Crippen molar-refractivity contribution in [3.63, 3.8) is 0 Å². The summed E-state index contributed by atoms with van der Waals surface area (Å²) in [6.07, 6.45) is 4.09. The Bertz CT molecular complexity index is 495. The highest BCUT2D eigenvalue weighted by Crippen LogP contribution is 2.12. The fourth-order valence-electron chi connectivity index (χ4n) is 1.48. The molecule has 5 nitrogen and oxygen atoms in total. The summed E-state index contributed by atoms with van der Waals surface area (Å²) in [6.45, 7) is 1.43. The van der Waals surface area contributed by atoms with Crippen LogP contribution < -0.4 is 10.5 Å². The summed E-state index contributed by atoms with van der Waals surface area (Å²) in [5.41, 5.74) is 6.36. The minimum Gasteiger partial charge on any atom is -0.494 e. The Balaban J connectivity index is 1.75. The molecule has 0 fully saturated rings. The highest BCUT2D eigenvalue weighted by atomic mass is 32.1. The van der Waals surface area contributed by atoms with Crippen LogP contribution in [0.2, 0.25) is 0 Å². The molecular formula is C12H14N4OS. The predicted molar refractivity (Wildman–Crippen MR) is 72.5 cm³/mol. The van der Waals surface area contributed by atoms with Gasteiger partial charge in [-0.3, -0.25) is 4.68 Å². The van der Waals surface area contributed by atoms with E-state index >= 15 is 0 Å². The normalized spacial score (nSPS) is 10.2. The second-order valence-corrected chi connectivity index (χ2v) is 4.19. The van der Waals surface area contributed by atoms with Gasteiger partial charge in [0.2, 0.25) is 0 Å². The van der Waals surface area contributed by atoms with Crippen molar-refractivity contribution in [3.05, 3.63) is 42.5 Å². The lowest BCUT2D eigenvalue weighted by Gasteiger charge is -2.06. The molecule has 0 aliphatic heterocycles. The van der Waals surface area contributed by atoms with E-state index in [0.717, 1.165) is 24.3 Å². The standard InChI is InChI=1S/C12H14N4OS/c13-12(18)10-2-4-11(5-3-10)17-7-1-6-16-9-14-8-15-16/h2-5,8-9H,1,6-7H2,(H2,13,18). The summed E-state index contributed by atoms with van der Waals surface area (Å²) in [5.74, 6) is 0.814. The Kier molecular flexibility index (Phi) is 4.25. The first-order chi connectivity index (χ1) is 8.75. The number of hydrogen-bond acceptors (Lipinski definition) is 4. The topological polar surface area (TPSA) is 66.0 Å². The zero-order chi connectivity index (χ0) is 12.8. The zero-order valence-electron chi connectivity index (χ0n) is 9.82. The lowest BCUT2D eigenvalue weighted by atomic mass is 10.2. The average molecular weight is 262 g/mol. The minimum absolute atomic E-state index is 0.396. The van der Waals surface area contributed by atoms with Crippen LogP contribution in [0.1, 0.15) is 12.0 Å². The molecule has 1 heterocycles. The first kappa shape index (κ1) is 12.5. The number of benzene rings is 1. The molecule has 0 atom stereocenters. The van der Waals surface area contributed by atoms with Crippen LogP contribution in [0.4, 0.5) is 0 Å². The molecule has 2 N–H and O–H groups in total. The van der Waals surface area contributed by atoms with Crippen molar-refractivity contribution in [2.75, 3.05) is 6.61 Å². The molecule has 1 aromatic heterocycles. The van der Waals surface area contributed by atoms with Crippen molar-refractivity contribution >= 4 is 17.2 Å². The third-order valence-corrected chi connectivity index (χ3v) is 2.64. The lowest BCUT2D eigenvalue weighted by molar-refractivity contribution is 0.298. The molecule has 0 spiro atoms. The lowest BCUT2D eigenvalue weighted by Crippen LogP contribution is -2.09. The van der Waals surface area contributed by atoms with Crippen molar-refractivity contribution in [1.82, 2.24) is 14.8 Å². The zero-order valence-corrected chi connectivity index (χ0v) is 10.6. The molecule has 0 unspecified atom stereocenters. The molecule has 0 aliphatic carbocycles. The number of aromatic nitrogens is 3. The van der Waals surface area contributed by atoms with E-state index in [1.54, 1.807) is 11.0 Å². The highest BCUT2D eigenvalue weighted by molar-refractivity contribution is 7.80. The van der Waals surface area contributed by atoms with Gasteiger partial charge < -0.3 is 10.5 Å². The Labute approximate surface area is 111 Å². The molecule has 0 saturated carbocycles. The van der Waals surface area contributed by atoms with Crippen molar-refractivity contribution in [2.24, 2.45) is 5.73 Å². The fourth-order valence-corrected chi connectivity index (χ4v) is 1.62. The van der Waals surface area contributed by atoms with Crippen molar-refractivity contribution in [2.45, 2.75) is 13.0 Å². The van der Waals surface area contributed by atoms with E-state index in [2.05, 4.69) is 10.1 Å². The van der Waals surface area contributed by atoms with Crippen LogP contribution in [0.15, 0.2) is 36.9 Å². The van der Waals surface area contributed by atoms with Gasteiger partial charge in [0.05, 0.1) is 6.61 Å². The third-order valence-electron chi connectivity index (χ3n) is 2.41. The number of rotatable bonds is 6. The van der Waals surface area contributed by atoms with E-state index in [1.165, 1.54) is 6.33 Å². The molecule has 0 amide bonds. The molecule has 2 aromatic rings. The van der Waals surface area contributed by atoms with E-state index in [4.69, 9.17) is 22.7 Å². The van der Waals surface area contributed by atoms with E-state index in [9.17, 15) is 0 Å². The van der Waals surface area contributed by atoms with Gasteiger partial charge in [0, 0.05) is 18.5 Å². The van der Waals surface area contributed by atoms with Crippen LogP contribution in [-0.2, 0) is 6.54 Å². The number of thiocarbonyl (C=S) groups is 1. The SMILES string of the molecule is NC(=S)c1ccc(OCCCn2cncn2)cc1. The average Bonchev–Trinajstić information content (AvgIpc) is 2.88. The summed E-state index contributed by atoms with van der Waals surface area (Å²) < 4.78 is 7.37. The van der Waals surface area contributed by atoms with Crippen LogP contribution in [0.25, 0.3) is 0 Å². The monoisotopic (exact) mass is 262 g/mol. The molecule has 2 rings (SSSR count). The van der Waals surface area contributed by atoms with E-state index in [-0.39, 0.29) is 0 Å². The van der Waals surface area contributed by atoms with Gasteiger partial charge in [-0.1, -0.05) is 12.2 Å². The van der Waals surface area contributed by atoms with Gasteiger partial charge in [-0.05, 0) is 24.3 Å². The molecular weight excluding hydrogens is 248 g/mol. The van der Waals surface area contributed by atoms with Gasteiger partial charge in [-0.2, -0.15) is 5.10 Å². The van der Waals surface area contributed by atoms with Crippen LogP contribution >= 0.6 is 12.2 Å². The molecule has 0 aliphatic rings. The number of nitrogens with zero attached hydrogens (tertiary/aromatic N) is 3. The quantitative estimate of drug-likeness (QED) is 0.629. The largest absolute Gasteiger partial charge is 0.494 e. The smallest absolute Gasteiger partial charge is 0.137 e. The van der Waals surface area contributed by atoms with Gasteiger partial charge in [0.1, 0.15) is 23.4 Å². The number of aryl methyl sites for hydroxylation is 1. The Morgan fingerprint density at radius 1 is 1.33 bits per heavy atom. The maximum atomic E-state index is 5.59. The van der Waals surface area contributed by atoms with Crippen molar-refractivity contribution < 1.29 is 4.74 Å². The molecule has 18 heavy (non-hydrogen) atoms. The van der Waals surface area contributed by atoms with E-state index in [1.807, 2.05) is 24.3 Å². The van der Waals surface area contributed by atoms with Crippen LogP contribution in [0.3, 0.4) is 0 Å². The summed E-state index contributed by atoms with van der Waals surface area (Å²) in [4.78, 5) is 4.27. The number of nitrogens with two attached hydrogens (primary N) is 1. The predicted octanol–water partition coefficient (Wildman–Crippen LogP) is 1.38. The fraction of sp³-hybridized carbons (Fsp3) is 0.250. The molecule has 1 aromatic carbocycles. The molecule has 0 saturated heterocycles. The summed E-state index contributed by atoms with van der Waals surface area (Å²) in [7, 11) is 0.